The van der Waals surface area contributed by atoms with E-state index in [1.807, 2.05) is 13.0 Å². The molecule has 0 N–H and O–H groups in total. The summed E-state index contributed by atoms with van der Waals surface area (Å²) in [5, 5.41) is 0.565. The lowest BCUT2D eigenvalue weighted by Crippen LogP contribution is -2.25. The van der Waals surface area contributed by atoms with Gasteiger partial charge >= 0.3 is 0 Å². The van der Waals surface area contributed by atoms with E-state index < -0.39 is 0 Å². The highest BCUT2D eigenvalue weighted by molar-refractivity contribution is 6.30. The molecule has 112 valence electrons. The maximum absolute atomic E-state index is 6.28. The highest BCUT2D eigenvalue weighted by atomic mass is 35.5. The van der Waals surface area contributed by atoms with Crippen molar-refractivity contribution in [2.24, 2.45) is 0 Å². The van der Waals surface area contributed by atoms with Crippen LogP contribution < -0.4 is 4.90 Å². The minimum atomic E-state index is 0.565. The molecule has 0 saturated heterocycles. The fourth-order valence-electron chi connectivity index (χ4n) is 2.30. The third-order valence-electron chi connectivity index (χ3n) is 3.48. The van der Waals surface area contributed by atoms with Gasteiger partial charge in [-0.15, -0.1) is 0 Å². The predicted molar refractivity (Wildman–Crippen MR) is 88.9 cm³/mol. The van der Waals surface area contributed by atoms with Gasteiger partial charge in [0.2, 0.25) is 0 Å². The summed E-state index contributed by atoms with van der Waals surface area (Å²) >= 11 is 6.28. The number of benzene rings is 1. The Morgan fingerprint density at radius 2 is 1.81 bits per heavy atom. The topological polar surface area (TPSA) is 29.0 Å². The SMILES string of the molecule is CCCc1nc(Cl)c(C)c(N(CC)Cc2ccccc2)n1. The molecule has 4 heteroatoms. The number of aryl methyl sites for hydroxylation is 1. The van der Waals surface area contributed by atoms with E-state index in [4.69, 9.17) is 16.6 Å². The molecule has 0 fully saturated rings. The fraction of sp³-hybridized carbons (Fsp3) is 0.412. The lowest BCUT2D eigenvalue weighted by molar-refractivity contribution is 0.774. The number of rotatable bonds is 6. The molecule has 0 amide bonds. The van der Waals surface area contributed by atoms with Gasteiger partial charge < -0.3 is 4.90 Å². The number of nitrogens with zero attached hydrogens (tertiary/aromatic N) is 3. The minimum absolute atomic E-state index is 0.565. The van der Waals surface area contributed by atoms with E-state index >= 15 is 0 Å². The highest BCUT2D eigenvalue weighted by Gasteiger charge is 2.15. The Kier molecular flexibility index (Phi) is 5.57. The number of hydrogen-bond donors (Lipinski definition) is 0. The normalized spacial score (nSPS) is 10.7. The second-order valence-corrected chi connectivity index (χ2v) is 5.49. The molecular formula is C17H22ClN3. The molecule has 2 rings (SSSR count). The van der Waals surface area contributed by atoms with Crippen LogP contribution in [0.1, 0.15) is 37.2 Å². The Morgan fingerprint density at radius 1 is 1.10 bits per heavy atom. The maximum Gasteiger partial charge on any atom is 0.137 e. The molecular weight excluding hydrogens is 282 g/mol. The first kappa shape index (κ1) is 15.8. The average Bonchev–Trinajstić information content (AvgIpc) is 2.50. The highest BCUT2D eigenvalue weighted by Crippen LogP contribution is 2.25. The molecule has 0 aliphatic rings. The van der Waals surface area contributed by atoms with Crippen LogP contribution >= 0.6 is 11.6 Å². The average molecular weight is 304 g/mol. The van der Waals surface area contributed by atoms with E-state index in [1.54, 1.807) is 0 Å². The van der Waals surface area contributed by atoms with Gasteiger partial charge in [-0.3, -0.25) is 0 Å². The molecule has 1 aromatic carbocycles. The van der Waals surface area contributed by atoms with Crippen LogP contribution in [0.2, 0.25) is 5.15 Å². The van der Waals surface area contributed by atoms with Crippen LogP contribution in [0.5, 0.6) is 0 Å². The molecule has 0 aliphatic heterocycles. The molecule has 0 unspecified atom stereocenters. The molecule has 0 bridgehead atoms. The van der Waals surface area contributed by atoms with Crippen molar-refractivity contribution in [3.05, 3.63) is 52.4 Å². The van der Waals surface area contributed by atoms with Crippen molar-refractivity contribution in [3.63, 3.8) is 0 Å². The van der Waals surface area contributed by atoms with Gasteiger partial charge in [-0.1, -0.05) is 48.9 Å². The standard InChI is InChI=1S/C17H22ClN3/c1-4-9-15-19-16(18)13(3)17(20-15)21(5-2)12-14-10-7-6-8-11-14/h6-8,10-11H,4-5,9,12H2,1-3H3. The molecule has 0 atom stereocenters. The summed E-state index contributed by atoms with van der Waals surface area (Å²) < 4.78 is 0. The zero-order valence-corrected chi connectivity index (χ0v) is 13.7. The number of aromatic nitrogens is 2. The minimum Gasteiger partial charge on any atom is -0.352 e. The molecule has 21 heavy (non-hydrogen) atoms. The Balaban J connectivity index is 2.32. The van der Waals surface area contributed by atoms with Crippen molar-refractivity contribution >= 4 is 17.4 Å². The van der Waals surface area contributed by atoms with Gasteiger partial charge in [0.05, 0.1) is 0 Å². The second-order valence-electron chi connectivity index (χ2n) is 5.13. The van der Waals surface area contributed by atoms with Crippen molar-refractivity contribution in [1.82, 2.24) is 9.97 Å². The lowest BCUT2D eigenvalue weighted by Gasteiger charge is -2.24. The van der Waals surface area contributed by atoms with Crippen molar-refractivity contribution in [2.45, 2.75) is 40.2 Å². The van der Waals surface area contributed by atoms with Gasteiger partial charge in [0.15, 0.2) is 0 Å². The number of anilines is 1. The van der Waals surface area contributed by atoms with Gasteiger partial charge in [0.25, 0.3) is 0 Å². The monoisotopic (exact) mass is 303 g/mol. The Bertz CT molecular complexity index is 584. The van der Waals surface area contributed by atoms with Gasteiger partial charge in [0.1, 0.15) is 16.8 Å². The van der Waals surface area contributed by atoms with E-state index in [2.05, 4.69) is 48.0 Å². The Morgan fingerprint density at radius 3 is 2.43 bits per heavy atom. The molecule has 2 aromatic rings. The van der Waals surface area contributed by atoms with Crippen molar-refractivity contribution < 1.29 is 0 Å². The quantitative estimate of drug-likeness (QED) is 0.740. The third-order valence-corrected chi connectivity index (χ3v) is 3.85. The smallest absolute Gasteiger partial charge is 0.137 e. The Hall–Kier alpha value is -1.61. The fourth-order valence-corrected chi connectivity index (χ4v) is 2.49. The van der Waals surface area contributed by atoms with E-state index in [-0.39, 0.29) is 0 Å². The zero-order valence-electron chi connectivity index (χ0n) is 12.9. The van der Waals surface area contributed by atoms with E-state index in [0.29, 0.717) is 5.15 Å². The largest absolute Gasteiger partial charge is 0.352 e. The van der Waals surface area contributed by atoms with Crippen LogP contribution in [0.4, 0.5) is 5.82 Å². The summed E-state index contributed by atoms with van der Waals surface area (Å²) in [6.07, 6.45) is 1.87. The van der Waals surface area contributed by atoms with Crippen molar-refractivity contribution in [3.8, 4) is 0 Å². The summed E-state index contributed by atoms with van der Waals surface area (Å²) in [4.78, 5) is 11.3. The first-order valence-corrected chi connectivity index (χ1v) is 7.85. The summed E-state index contributed by atoms with van der Waals surface area (Å²) in [6.45, 7) is 7.96. The molecule has 3 nitrogen and oxygen atoms in total. The first-order valence-electron chi connectivity index (χ1n) is 7.47. The van der Waals surface area contributed by atoms with E-state index in [1.165, 1.54) is 5.56 Å². The van der Waals surface area contributed by atoms with Crippen LogP contribution in [0, 0.1) is 6.92 Å². The molecule has 0 saturated carbocycles. The lowest BCUT2D eigenvalue weighted by atomic mass is 10.2. The first-order chi connectivity index (χ1) is 10.2. The van der Waals surface area contributed by atoms with Crippen molar-refractivity contribution in [1.29, 1.82) is 0 Å². The molecule has 0 aliphatic carbocycles. The van der Waals surface area contributed by atoms with Crippen LogP contribution in [0.3, 0.4) is 0 Å². The van der Waals surface area contributed by atoms with Gasteiger partial charge in [-0.2, -0.15) is 0 Å². The molecule has 1 heterocycles. The molecule has 1 aromatic heterocycles. The van der Waals surface area contributed by atoms with E-state index in [0.717, 1.165) is 43.1 Å². The number of halogens is 1. The van der Waals surface area contributed by atoms with Gasteiger partial charge in [-0.05, 0) is 25.8 Å². The summed E-state index contributed by atoms with van der Waals surface area (Å²) in [5.74, 6) is 1.78. The molecule has 0 spiro atoms. The third kappa shape index (κ3) is 3.94. The van der Waals surface area contributed by atoms with Gasteiger partial charge in [0, 0.05) is 25.1 Å². The summed E-state index contributed by atoms with van der Waals surface area (Å²) in [6, 6.07) is 10.4. The summed E-state index contributed by atoms with van der Waals surface area (Å²) in [7, 11) is 0. The van der Waals surface area contributed by atoms with Crippen LogP contribution in [0.25, 0.3) is 0 Å². The zero-order chi connectivity index (χ0) is 15.2. The van der Waals surface area contributed by atoms with Crippen molar-refractivity contribution in [2.75, 3.05) is 11.4 Å². The van der Waals surface area contributed by atoms with Crippen LogP contribution in [-0.4, -0.2) is 16.5 Å². The summed E-state index contributed by atoms with van der Waals surface area (Å²) in [5.41, 5.74) is 2.22. The van der Waals surface area contributed by atoms with E-state index in [9.17, 15) is 0 Å². The van der Waals surface area contributed by atoms with Crippen LogP contribution in [0.15, 0.2) is 30.3 Å². The maximum atomic E-state index is 6.28. The van der Waals surface area contributed by atoms with Crippen LogP contribution in [-0.2, 0) is 13.0 Å². The Labute approximate surface area is 132 Å². The number of hydrogen-bond acceptors (Lipinski definition) is 3. The van der Waals surface area contributed by atoms with Gasteiger partial charge in [-0.25, -0.2) is 9.97 Å². The predicted octanol–water partition coefficient (Wildman–Crippen LogP) is 4.42. The second kappa shape index (κ2) is 7.41. The molecule has 0 radical (unpaired) electrons.